The number of aryl methyl sites for hydroxylation is 2. The smallest absolute Gasteiger partial charge is 0.257 e. The second kappa shape index (κ2) is 6.24. The van der Waals surface area contributed by atoms with E-state index in [2.05, 4.69) is 56.1 Å². The van der Waals surface area contributed by atoms with Gasteiger partial charge in [-0.25, -0.2) is 4.52 Å². The van der Waals surface area contributed by atoms with Gasteiger partial charge in [-0.2, -0.15) is 0 Å². The van der Waals surface area contributed by atoms with Gasteiger partial charge in [-0.15, -0.1) is 5.10 Å². The first kappa shape index (κ1) is 16.8. The van der Waals surface area contributed by atoms with Crippen LogP contribution in [0.15, 0.2) is 30.3 Å². The van der Waals surface area contributed by atoms with Crippen LogP contribution >= 0.6 is 0 Å². The number of pyridine rings is 1. The van der Waals surface area contributed by atoms with Gasteiger partial charge in [0, 0.05) is 18.7 Å². The van der Waals surface area contributed by atoms with Gasteiger partial charge in [0.25, 0.3) is 5.88 Å². The van der Waals surface area contributed by atoms with Gasteiger partial charge < -0.3 is 14.4 Å². The van der Waals surface area contributed by atoms with Crippen molar-refractivity contribution in [2.24, 2.45) is 0 Å². The lowest BCUT2D eigenvalue weighted by Gasteiger charge is -2.18. The molecule has 0 bridgehead atoms. The Balaban J connectivity index is 1.98. The van der Waals surface area contributed by atoms with E-state index in [1.807, 2.05) is 4.52 Å². The van der Waals surface area contributed by atoms with Gasteiger partial charge in [0.2, 0.25) is 0 Å². The highest BCUT2D eigenvalue weighted by atomic mass is 16.5. The van der Waals surface area contributed by atoms with Crippen LogP contribution in [0.5, 0.6) is 11.6 Å². The van der Waals surface area contributed by atoms with Crippen LogP contribution in [0.25, 0.3) is 16.8 Å². The Labute approximate surface area is 154 Å². The van der Waals surface area contributed by atoms with E-state index in [0.717, 1.165) is 28.2 Å². The van der Waals surface area contributed by atoms with E-state index in [0.29, 0.717) is 11.9 Å². The topological polar surface area (TPSA) is 39.0 Å². The average Bonchev–Trinajstić information content (AvgIpc) is 3.40. The lowest BCUT2D eigenvalue weighted by Crippen LogP contribution is -2.19. The molecule has 1 aliphatic carbocycles. The van der Waals surface area contributed by atoms with Gasteiger partial charge in [0.15, 0.2) is 0 Å². The van der Waals surface area contributed by atoms with Gasteiger partial charge in [-0.3, -0.25) is 0 Å². The number of ether oxygens (including phenoxy) is 2. The van der Waals surface area contributed by atoms with Crippen LogP contribution in [0.1, 0.15) is 24.0 Å². The molecule has 1 aromatic carbocycles. The number of methoxy groups -OCH3 is 2. The number of benzene rings is 1. The fourth-order valence-corrected chi connectivity index (χ4v) is 3.76. The molecule has 0 spiro atoms. The van der Waals surface area contributed by atoms with E-state index >= 15 is 0 Å². The third-order valence-electron chi connectivity index (χ3n) is 5.16. The molecule has 0 atom stereocenters. The standard InChI is InChI=1S/C21H25N3O2/c1-13-11-14(2)19(18(12-13)25-4)16-7-6-8-17-20(23(3)15-9-10-15)21(26-5)22-24(16)17/h6-8,11-12,15H,9-10H2,1-5H3. The summed E-state index contributed by atoms with van der Waals surface area (Å²) in [5, 5.41) is 4.77. The van der Waals surface area contributed by atoms with E-state index in [-0.39, 0.29) is 0 Å². The van der Waals surface area contributed by atoms with Crippen LogP contribution < -0.4 is 14.4 Å². The fraction of sp³-hybridized carbons (Fsp3) is 0.381. The van der Waals surface area contributed by atoms with Gasteiger partial charge in [-0.05, 0) is 56.0 Å². The summed E-state index contributed by atoms with van der Waals surface area (Å²) in [5.74, 6) is 1.53. The highest BCUT2D eigenvalue weighted by Gasteiger charge is 2.31. The molecule has 0 aliphatic heterocycles. The Bertz CT molecular complexity index is 973. The van der Waals surface area contributed by atoms with Crippen molar-refractivity contribution in [3.05, 3.63) is 41.5 Å². The third kappa shape index (κ3) is 2.59. The number of hydrogen-bond acceptors (Lipinski definition) is 4. The predicted molar refractivity (Wildman–Crippen MR) is 105 cm³/mol. The minimum atomic E-state index is 0.580. The molecule has 4 rings (SSSR count). The summed E-state index contributed by atoms with van der Waals surface area (Å²) in [6.07, 6.45) is 2.45. The number of anilines is 1. The monoisotopic (exact) mass is 351 g/mol. The van der Waals surface area contributed by atoms with Gasteiger partial charge >= 0.3 is 0 Å². The van der Waals surface area contributed by atoms with Crippen molar-refractivity contribution in [1.82, 2.24) is 9.61 Å². The van der Waals surface area contributed by atoms with Crippen molar-refractivity contribution in [2.45, 2.75) is 32.7 Å². The SMILES string of the molecule is COc1cc(C)cc(C)c1-c1cccc2c(N(C)C3CC3)c(OC)nn12. The zero-order valence-corrected chi connectivity index (χ0v) is 16.0. The van der Waals surface area contributed by atoms with Crippen LogP contribution in [-0.2, 0) is 0 Å². The minimum absolute atomic E-state index is 0.580. The lowest BCUT2D eigenvalue weighted by atomic mass is 10.0. The van der Waals surface area contributed by atoms with Crippen molar-refractivity contribution in [3.8, 4) is 22.9 Å². The molecule has 2 heterocycles. The Morgan fingerprint density at radius 2 is 1.88 bits per heavy atom. The summed E-state index contributed by atoms with van der Waals surface area (Å²) in [4.78, 5) is 2.30. The molecular formula is C21H25N3O2. The fourth-order valence-electron chi connectivity index (χ4n) is 3.76. The molecule has 0 saturated heterocycles. The maximum Gasteiger partial charge on any atom is 0.257 e. The Hall–Kier alpha value is -2.69. The molecule has 1 saturated carbocycles. The summed E-state index contributed by atoms with van der Waals surface area (Å²) in [6.45, 7) is 4.20. The summed E-state index contributed by atoms with van der Waals surface area (Å²) in [6, 6.07) is 11.1. The summed E-state index contributed by atoms with van der Waals surface area (Å²) in [5.41, 5.74) is 6.53. The largest absolute Gasteiger partial charge is 0.496 e. The van der Waals surface area contributed by atoms with Crippen LogP contribution in [-0.4, -0.2) is 36.9 Å². The normalized spacial score (nSPS) is 13.9. The van der Waals surface area contributed by atoms with Crippen molar-refractivity contribution in [3.63, 3.8) is 0 Å². The van der Waals surface area contributed by atoms with E-state index in [9.17, 15) is 0 Å². The molecule has 0 unspecified atom stereocenters. The Morgan fingerprint density at radius 1 is 1.12 bits per heavy atom. The average molecular weight is 351 g/mol. The molecule has 3 aromatic rings. The third-order valence-corrected chi connectivity index (χ3v) is 5.16. The molecule has 136 valence electrons. The molecule has 0 amide bonds. The zero-order chi connectivity index (χ0) is 18.4. The number of aromatic nitrogens is 2. The van der Waals surface area contributed by atoms with Crippen molar-refractivity contribution in [1.29, 1.82) is 0 Å². The van der Waals surface area contributed by atoms with Crippen LogP contribution in [0.3, 0.4) is 0 Å². The van der Waals surface area contributed by atoms with Crippen LogP contribution in [0.4, 0.5) is 5.69 Å². The first-order chi connectivity index (χ1) is 12.5. The predicted octanol–water partition coefficient (Wildman–Crippen LogP) is 4.23. The van der Waals surface area contributed by atoms with Gasteiger partial charge in [0.1, 0.15) is 11.4 Å². The molecule has 0 radical (unpaired) electrons. The van der Waals surface area contributed by atoms with Crippen LogP contribution in [0.2, 0.25) is 0 Å². The number of rotatable bonds is 5. The molecule has 5 nitrogen and oxygen atoms in total. The molecule has 1 aliphatic rings. The second-order valence-corrected chi connectivity index (χ2v) is 7.07. The van der Waals surface area contributed by atoms with E-state index in [4.69, 9.17) is 14.6 Å². The number of hydrogen-bond donors (Lipinski definition) is 0. The lowest BCUT2D eigenvalue weighted by molar-refractivity contribution is 0.395. The highest BCUT2D eigenvalue weighted by Crippen LogP contribution is 2.41. The maximum atomic E-state index is 5.69. The van der Waals surface area contributed by atoms with E-state index in [1.165, 1.54) is 24.0 Å². The quantitative estimate of drug-likeness (QED) is 0.689. The van der Waals surface area contributed by atoms with E-state index in [1.54, 1.807) is 14.2 Å². The molecule has 2 aromatic heterocycles. The van der Waals surface area contributed by atoms with Gasteiger partial charge in [0.05, 0.1) is 25.4 Å². The molecule has 1 fully saturated rings. The minimum Gasteiger partial charge on any atom is -0.496 e. The summed E-state index contributed by atoms with van der Waals surface area (Å²) >= 11 is 0. The van der Waals surface area contributed by atoms with Crippen molar-refractivity contribution in [2.75, 3.05) is 26.2 Å². The molecule has 0 N–H and O–H groups in total. The maximum absolute atomic E-state index is 5.69. The molecule has 26 heavy (non-hydrogen) atoms. The second-order valence-electron chi connectivity index (χ2n) is 7.07. The Morgan fingerprint density at radius 3 is 2.54 bits per heavy atom. The first-order valence-electron chi connectivity index (χ1n) is 8.99. The van der Waals surface area contributed by atoms with Gasteiger partial charge in [-0.1, -0.05) is 12.1 Å². The Kier molecular flexibility index (Phi) is 4.02. The summed E-state index contributed by atoms with van der Waals surface area (Å²) < 4.78 is 13.3. The van der Waals surface area contributed by atoms with Crippen molar-refractivity contribution < 1.29 is 9.47 Å². The number of fused-ring (bicyclic) bond motifs is 1. The zero-order valence-electron chi connectivity index (χ0n) is 16.0. The molecular weight excluding hydrogens is 326 g/mol. The summed E-state index contributed by atoms with van der Waals surface area (Å²) in [7, 11) is 5.53. The highest BCUT2D eigenvalue weighted by molar-refractivity contribution is 5.83. The van der Waals surface area contributed by atoms with E-state index < -0.39 is 0 Å². The first-order valence-corrected chi connectivity index (χ1v) is 8.99. The van der Waals surface area contributed by atoms with Crippen LogP contribution in [0, 0.1) is 13.8 Å². The molecule has 5 heteroatoms. The van der Waals surface area contributed by atoms with Crippen molar-refractivity contribution >= 4 is 11.2 Å². The number of nitrogens with zero attached hydrogens (tertiary/aromatic N) is 3.